The zero-order chi connectivity index (χ0) is 10.1. The summed E-state index contributed by atoms with van der Waals surface area (Å²) in [4.78, 5) is 9.32. The summed E-state index contributed by atoms with van der Waals surface area (Å²) in [5, 5.41) is 9.19. The third-order valence-electron chi connectivity index (χ3n) is 1.78. The molecule has 0 fully saturated rings. The Balaban J connectivity index is 3.22. The number of aliphatic carboxylic acids is 1. The molecule has 0 aliphatic carbocycles. The first-order valence-corrected chi connectivity index (χ1v) is 4.39. The molecule has 1 aromatic carbocycles. The molecule has 1 aromatic rings. The molecule has 0 bridgehead atoms. The summed E-state index contributed by atoms with van der Waals surface area (Å²) in [5.74, 6) is -1.11. The number of alkyl halides is 1. The lowest BCUT2D eigenvalue weighted by Gasteiger charge is -2.17. The fraction of sp³-hybridized carbons (Fsp3) is 0.222. The molecule has 0 amide bonds. The van der Waals surface area contributed by atoms with E-state index in [2.05, 4.69) is 0 Å². The summed E-state index contributed by atoms with van der Waals surface area (Å²) >= 11 is 11.6. The fourth-order valence-corrected chi connectivity index (χ4v) is 1.50. The SMILES string of the molecule is CC(Cl)(C(=O)O)c1ccccc1Cl. The number of halogens is 2. The van der Waals surface area contributed by atoms with Crippen molar-refractivity contribution in [2.45, 2.75) is 11.8 Å². The highest BCUT2D eigenvalue weighted by atomic mass is 35.5. The molecule has 0 saturated carbocycles. The summed E-state index contributed by atoms with van der Waals surface area (Å²) in [6.07, 6.45) is 0. The first kappa shape index (κ1) is 10.4. The van der Waals surface area contributed by atoms with E-state index in [4.69, 9.17) is 28.3 Å². The summed E-state index contributed by atoms with van der Waals surface area (Å²) in [7, 11) is 0. The molecule has 0 aliphatic rings. The normalized spacial score (nSPS) is 15.0. The maximum Gasteiger partial charge on any atom is 0.329 e. The molecular formula is C9H8Cl2O2. The molecule has 0 spiro atoms. The Hall–Kier alpha value is -0.730. The molecule has 1 atom stereocenters. The highest BCUT2D eigenvalue weighted by molar-refractivity contribution is 6.37. The minimum atomic E-state index is -1.46. The molecule has 0 aliphatic heterocycles. The number of carboxylic acids is 1. The minimum absolute atomic E-state index is 0.363. The van der Waals surface area contributed by atoms with E-state index < -0.39 is 10.8 Å². The number of carbonyl (C=O) groups is 1. The molecule has 70 valence electrons. The van der Waals surface area contributed by atoms with Crippen molar-refractivity contribution >= 4 is 29.2 Å². The van der Waals surface area contributed by atoms with Crippen LogP contribution >= 0.6 is 23.2 Å². The van der Waals surface area contributed by atoms with Crippen LogP contribution in [0.3, 0.4) is 0 Å². The van der Waals surface area contributed by atoms with E-state index in [0.717, 1.165) is 0 Å². The maximum absolute atomic E-state index is 10.8. The van der Waals surface area contributed by atoms with E-state index >= 15 is 0 Å². The van der Waals surface area contributed by atoms with Crippen LogP contribution in [-0.2, 0) is 9.67 Å². The van der Waals surface area contributed by atoms with Gasteiger partial charge in [-0.15, -0.1) is 11.6 Å². The van der Waals surface area contributed by atoms with E-state index in [-0.39, 0.29) is 0 Å². The van der Waals surface area contributed by atoms with Crippen molar-refractivity contribution in [1.82, 2.24) is 0 Å². The topological polar surface area (TPSA) is 37.3 Å². The monoisotopic (exact) mass is 218 g/mol. The van der Waals surface area contributed by atoms with Crippen molar-refractivity contribution in [2.75, 3.05) is 0 Å². The van der Waals surface area contributed by atoms with Gasteiger partial charge in [-0.05, 0) is 13.0 Å². The molecule has 0 heterocycles. The lowest BCUT2D eigenvalue weighted by molar-refractivity contribution is -0.139. The molecule has 13 heavy (non-hydrogen) atoms. The third kappa shape index (κ3) is 1.95. The zero-order valence-corrected chi connectivity index (χ0v) is 8.43. The minimum Gasteiger partial charge on any atom is -0.480 e. The number of hydrogen-bond donors (Lipinski definition) is 1. The third-order valence-corrected chi connectivity index (χ3v) is 2.48. The molecular weight excluding hydrogens is 211 g/mol. The molecule has 1 N–H and O–H groups in total. The van der Waals surface area contributed by atoms with Gasteiger partial charge in [0.2, 0.25) is 0 Å². The van der Waals surface area contributed by atoms with E-state index in [9.17, 15) is 4.79 Å². The van der Waals surface area contributed by atoms with Gasteiger partial charge in [0.05, 0.1) is 0 Å². The summed E-state index contributed by atoms with van der Waals surface area (Å²) < 4.78 is 0. The van der Waals surface area contributed by atoms with Crippen LogP contribution in [0.1, 0.15) is 12.5 Å². The molecule has 0 radical (unpaired) electrons. The van der Waals surface area contributed by atoms with Crippen LogP contribution in [0.4, 0.5) is 0 Å². The van der Waals surface area contributed by atoms with Crippen LogP contribution in [0, 0.1) is 0 Å². The second-order valence-corrected chi connectivity index (χ2v) is 3.95. The number of carboxylic acid groups (broad SMARTS) is 1. The van der Waals surface area contributed by atoms with Crippen LogP contribution in [0.5, 0.6) is 0 Å². The first-order valence-electron chi connectivity index (χ1n) is 3.63. The Labute approximate surface area is 86.1 Å². The Bertz CT molecular complexity index is 334. The van der Waals surface area contributed by atoms with Gasteiger partial charge >= 0.3 is 5.97 Å². The van der Waals surface area contributed by atoms with Crippen LogP contribution < -0.4 is 0 Å². The van der Waals surface area contributed by atoms with Gasteiger partial charge in [0.25, 0.3) is 0 Å². The summed E-state index contributed by atoms with van der Waals surface area (Å²) in [6, 6.07) is 6.63. The second kappa shape index (κ2) is 3.56. The van der Waals surface area contributed by atoms with Gasteiger partial charge in [0.1, 0.15) is 0 Å². The largest absolute Gasteiger partial charge is 0.480 e. The van der Waals surface area contributed by atoms with Crippen molar-refractivity contribution in [3.05, 3.63) is 34.9 Å². The van der Waals surface area contributed by atoms with Crippen molar-refractivity contribution in [1.29, 1.82) is 0 Å². The second-order valence-electron chi connectivity index (χ2n) is 2.79. The van der Waals surface area contributed by atoms with Gasteiger partial charge in [-0.3, -0.25) is 0 Å². The van der Waals surface area contributed by atoms with Gasteiger partial charge in [-0.25, -0.2) is 4.79 Å². The standard InChI is InChI=1S/C9H8Cl2O2/c1-9(11,8(12)13)6-4-2-3-5-7(6)10/h2-5H,1H3,(H,12,13). The Kier molecular flexibility index (Phi) is 2.84. The Morgan fingerprint density at radius 3 is 2.46 bits per heavy atom. The van der Waals surface area contributed by atoms with E-state index in [0.29, 0.717) is 10.6 Å². The number of hydrogen-bond acceptors (Lipinski definition) is 1. The van der Waals surface area contributed by atoms with Crippen molar-refractivity contribution in [3.63, 3.8) is 0 Å². The van der Waals surface area contributed by atoms with Crippen molar-refractivity contribution in [2.24, 2.45) is 0 Å². The highest BCUT2D eigenvalue weighted by Gasteiger charge is 2.34. The summed E-state index contributed by atoms with van der Waals surface area (Å²) in [5.41, 5.74) is 0.408. The molecule has 2 nitrogen and oxygen atoms in total. The molecule has 1 unspecified atom stereocenters. The van der Waals surface area contributed by atoms with Crippen molar-refractivity contribution in [3.8, 4) is 0 Å². The van der Waals surface area contributed by atoms with E-state index in [1.54, 1.807) is 24.3 Å². The molecule has 4 heteroatoms. The molecule has 0 saturated heterocycles. The van der Waals surface area contributed by atoms with Gasteiger partial charge in [0, 0.05) is 10.6 Å². The number of benzene rings is 1. The van der Waals surface area contributed by atoms with Crippen LogP contribution in [-0.4, -0.2) is 11.1 Å². The zero-order valence-electron chi connectivity index (χ0n) is 6.92. The van der Waals surface area contributed by atoms with Gasteiger partial charge < -0.3 is 5.11 Å². The predicted octanol–water partition coefficient (Wildman–Crippen LogP) is 2.88. The Morgan fingerprint density at radius 1 is 1.46 bits per heavy atom. The van der Waals surface area contributed by atoms with Crippen molar-refractivity contribution < 1.29 is 9.90 Å². The first-order chi connectivity index (χ1) is 5.96. The average Bonchev–Trinajstić information content (AvgIpc) is 2.04. The highest BCUT2D eigenvalue weighted by Crippen LogP contribution is 2.33. The lowest BCUT2D eigenvalue weighted by Crippen LogP contribution is -2.25. The lowest BCUT2D eigenvalue weighted by atomic mass is 10.0. The average molecular weight is 219 g/mol. The molecule has 1 rings (SSSR count). The van der Waals surface area contributed by atoms with Gasteiger partial charge in [0.15, 0.2) is 4.87 Å². The van der Waals surface area contributed by atoms with Crippen LogP contribution in [0.15, 0.2) is 24.3 Å². The maximum atomic E-state index is 10.8. The number of rotatable bonds is 2. The van der Waals surface area contributed by atoms with Crippen LogP contribution in [0.2, 0.25) is 5.02 Å². The molecule has 0 aromatic heterocycles. The smallest absolute Gasteiger partial charge is 0.329 e. The van der Waals surface area contributed by atoms with Gasteiger partial charge in [-0.1, -0.05) is 29.8 Å². The Morgan fingerprint density at radius 2 is 2.00 bits per heavy atom. The summed E-state index contributed by atoms with van der Waals surface area (Å²) in [6.45, 7) is 1.40. The van der Waals surface area contributed by atoms with E-state index in [1.807, 2.05) is 0 Å². The van der Waals surface area contributed by atoms with E-state index in [1.165, 1.54) is 6.92 Å². The van der Waals surface area contributed by atoms with Gasteiger partial charge in [-0.2, -0.15) is 0 Å². The van der Waals surface area contributed by atoms with Crippen LogP contribution in [0.25, 0.3) is 0 Å². The fourth-order valence-electron chi connectivity index (χ4n) is 0.957. The predicted molar refractivity (Wildman–Crippen MR) is 52.3 cm³/mol. The quantitative estimate of drug-likeness (QED) is 0.776.